The van der Waals surface area contributed by atoms with Gasteiger partial charge in [0.1, 0.15) is 0 Å². The third-order valence-electron chi connectivity index (χ3n) is 3.76. The molecule has 0 spiro atoms. The van der Waals surface area contributed by atoms with E-state index in [0.29, 0.717) is 24.2 Å². The Morgan fingerprint density at radius 1 is 1.04 bits per heavy atom. The fourth-order valence-corrected chi connectivity index (χ4v) is 2.27. The fourth-order valence-electron chi connectivity index (χ4n) is 2.27. The number of hydrogen-bond donors (Lipinski definition) is 1. The van der Waals surface area contributed by atoms with Crippen LogP contribution in [0, 0.1) is 0 Å². The predicted molar refractivity (Wildman–Crippen MR) is 94.0 cm³/mol. The van der Waals surface area contributed by atoms with E-state index in [1.807, 2.05) is 19.1 Å². The first kappa shape index (κ1) is 17.7. The van der Waals surface area contributed by atoms with Crippen LogP contribution in [0.5, 0.6) is 0 Å². The summed E-state index contributed by atoms with van der Waals surface area (Å²) >= 11 is 0. The second-order valence-corrected chi connectivity index (χ2v) is 5.67. The Morgan fingerprint density at radius 2 is 1.67 bits per heavy atom. The number of benzene rings is 1. The molecule has 1 aromatic heterocycles. The summed E-state index contributed by atoms with van der Waals surface area (Å²) in [6, 6.07) is 10.7. The summed E-state index contributed by atoms with van der Waals surface area (Å²) < 4.78 is 0. The molecule has 0 atom stereocenters. The summed E-state index contributed by atoms with van der Waals surface area (Å²) in [6.07, 6.45) is 5.17. The molecule has 0 aliphatic carbocycles. The van der Waals surface area contributed by atoms with Gasteiger partial charge >= 0.3 is 0 Å². The lowest BCUT2D eigenvalue weighted by molar-refractivity contribution is 0.0796. The van der Waals surface area contributed by atoms with Gasteiger partial charge in [-0.05, 0) is 54.8 Å². The number of likely N-dealkylation sites (N-methyl/N-ethyl adjacent to an activating group) is 1. The lowest BCUT2D eigenvalue weighted by Gasteiger charge is -2.17. The van der Waals surface area contributed by atoms with E-state index in [4.69, 9.17) is 0 Å². The molecule has 1 N–H and O–H groups in total. The molecule has 0 saturated heterocycles. The molecule has 2 amide bonds. The molecule has 2 aromatic rings. The van der Waals surface area contributed by atoms with E-state index in [9.17, 15) is 9.59 Å². The predicted octanol–water partition coefficient (Wildman–Crippen LogP) is 2.54. The third kappa shape index (κ3) is 4.91. The molecule has 2 rings (SSSR count). The molecular weight excluding hydrogens is 302 g/mol. The number of pyridine rings is 1. The van der Waals surface area contributed by atoms with Crippen LogP contribution in [0.4, 0.5) is 0 Å². The van der Waals surface area contributed by atoms with E-state index in [1.54, 1.807) is 48.6 Å². The van der Waals surface area contributed by atoms with Crippen LogP contribution < -0.4 is 5.32 Å². The molecule has 5 heteroatoms. The van der Waals surface area contributed by atoms with Crippen molar-refractivity contribution in [2.45, 2.75) is 19.8 Å². The molecule has 0 fully saturated rings. The number of rotatable bonds is 7. The molecule has 0 unspecified atom stereocenters. The molecule has 0 aliphatic rings. The van der Waals surface area contributed by atoms with Crippen molar-refractivity contribution < 1.29 is 9.59 Å². The van der Waals surface area contributed by atoms with Crippen LogP contribution in [0.2, 0.25) is 0 Å². The van der Waals surface area contributed by atoms with Gasteiger partial charge in [-0.1, -0.05) is 6.92 Å². The molecule has 0 aliphatic heterocycles. The van der Waals surface area contributed by atoms with Crippen molar-refractivity contribution in [1.29, 1.82) is 0 Å². The Kier molecular flexibility index (Phi) is 6.49. The molecule has 126 valence electrons. The minimum Gasteiger partial charge on any atom is -0.352 e. The fraction of sp³-hybridized carbons (Fsp3) is 0.316. The number of aromatic nitrogens is 1. The molecule has 5 nitrogen and oxygen atoms in total. The highest BCUT2D eigenvalue weighted by Crippen LogP contribution is 2.08. The second-order valence-electron chi connectivity index (χ2n) is 5.67. The molecule has 0 bridgehead atoms. The summed E-state index contributed by atoms with van der Waals surface area (Å²) in [6.45, 7) is 3.28. The molecule has 0 saturated carbocycles. The van der Waals surface area contributed by atoms with Crippen molar-refractivity contribution in [2.75, 3.05) is 20.1 Å². The van der Waals surface area contributed by atoms with Crippen LogP contribution in [-0.2, 0) is 6.42 Å². The van der Waals surface area contributed by atoms with E-state index in [1.165, 1.54) is 0 Å². The maximum absolute atomic E-state index is 12.4. The topological polar surface area (TPSA) is 62.3 Å². The Labute approximate surface area is 142 Å². The lowest BCUT2D eigenvalue weighted by Crippen LogP contribution is -2.29. The van der Waals surface area contributed by atoms with Gasteiger partial charge < -0.3 is 10.2 Å². The van der Waals surface area contributed by atoms with Gasteiger partial charge in [-0.3, -0.25) is 14.6 Å². The normalized spacial score (nSPS) is 10.2. The van der Waals surface area contributed by atoms with Crippen molar-refractivity contribution in [3.63, 3.8) is 0 Å². The average molecular weight is 325 g/mol. The number of carbonyl (C=O) groups excluding carboxylic acids is 2. The summed E-state index contributed by atoms with van der Waals surface area (Å²) in [5, 5.41) is 2.82. The Balaban J connectivity index is 1.92. The number of carbonyl (C=O) groups is 2. The van der Waals surface area contributed by atoms with Crippen LogP contribution in [0.25, 0.3) is 0 Å². The summed E-state index contributed by atoms with van der Waals surface area (Å²) in [5.41, 5.74) is 2.30. The molecule has 1 heterocycles. The van der Waals surface area contributed by atoms with Crippen LogP contribution in [0.15, 0.2) is 48.8 Å². The molecule has 0 radical (unpaired) electrons. The van der Waals surface area contributed by atoms with Gasteiger partial charge in [0, 0.05) is 43.7 Å². The third-order valence-corrected chi connectivity index (χ3v) is 3.76. The molecule has 1 aromatic carbocycles. The van der Waals surface area contributed by atoms with Crippen molar-refractivity contribution in [3.8, 4) is 0 Å². The highest BCUT2D eigenvalue weighted by atomic mass is 16.2. The van der Waals surface area contributed by atoms with Crippen molar-refractivity contribution in [1.82, 2.24) is 15.2 Å². The van der Waals surface area contributed by atoms with Crippen LogP contribution in [0.3, 0.4) is 0 Å². The van der Waals surface area contributed by atoms with Crippen molar-refractivity contribution in [3.05, 3.63) is 65.5 Å². The lowest BCUT2D eigenvalue weighted by atomic mass is 10.1. The number of hydrogen-bond acceptors (Lipinski definition) is 3. The Hall–Kier alpha value is -2.69. The maximum Gasteiger partial charge on any atom is 0.253 e. The minimum atomic E-state index is -0.109. The monoisotopic (exact) mass is 325 g/mol. The van der Waals surface area contributed by atoms with E-state index in [-0.39, 0.29) is 11.8 Å². The first-order valence-electron chi connectivity index (χ1n) is 8.14. The van der Waals surface area contributed by atoms with Crippen molar-refractivity contribution >= 4 is 11.8 Å². The smallest absolute Gasteiger partial charge is 0.253 e. The van der Waals surface area contributed by atoms with Crippen LogP contribution in [-0.4, -0.2) is 41.8 Å². The Morgan fingerprint density at radius 3 is 2.29 bits per heavy atom. The van der Waals surface area contributed by atoms with Gasteiger partial charge in [0.15, 0.2) is 0 Å². The zero-order valence-electron chi connectivity index (χ0n) is 14.2. The summed E-state index contributed by atoms with van der Waals surface area (Å²) in [7, 11) is 1.78. The second kappa shape index (κ2) is 8.82. The maximum atomic E-state index is 12.4. The highest BCUT2D eigenvalue weighted by Gasteiger charge is 2.12. The first-order valence-corrected chi connectivity index (χ1v) is 8.14. The van der Waals surface area contributed by atoms with Gasteiger partial charge in [-0.2, -0.15) is 0 Å². The number of amides is 2. The summed E-state index contributed by atoms with van der Waals surface area (Å²) in [5.74, 6) is -0.161. The average Bonchev–Trinajstić information content (AvgIpc) is 2.64. The van der Waals surface area contributed by atoms with Gasteiger partial charge in [-0.15, -0.1) is 0 Å². The van der Waals surface area contributed by atoms with Gasteiger partial charge in [0.05, 0.1) is 0 Å². The Bertz CT molecular complexity index is 669. The van der Waals surface area contributed by atoms with Crippen LogP contribution in [0.1, 0.15) is 39.6 Å². The van der Waals surface area contributed by atoms with E-state index >= 15 is 0 Å². The number of nitrogens with zero attached hydrogens (tertiary/aromatic N) is 2. The first-order chi connectivity index (χ1) is 11.6. The van der Waals surface area contributed by atoms with Crippen molar-refractivity contribution in [2.24, 2.45) is 0 Å². The van der Waals surface area contributed by atoms with Gasteiger partial charge in [0.2, 0.25) is 0 Å². The minimum absolute atomic E-state index is 0.0513. The molecule has 24 heavy (non-hydrogen) atoms. The van der Waals surface area contributed by atoms with E-state index < -0.39 is 0 Å². The zero-order chi connectivity index (χ0) is 17.4. The molecular formula is C19H23N3O2. The van der Waals surface area contributed by atoms with E-state index in [2.05, 4.69) is 10.3 Å². The van der Waals surface area contributed by atoms with E-state index in [0.717, 1.165) is 18.4 Å². The van der Waals surface area contributed by atoms with Crippen LogP contribution >= 0.6 is 0 Å². The quantitative estimate of drug-likeness (QED) is 0.851. The van der Waals surface area contributed by atoms with Gasteiger partial charge in [-0.25, -0.2) is 0 Å². The highest BCUT2D eigenvalue weighted by molar-refractivity contribution is 5.97. The standard InChI is InChI=1S/C19H23N3O2/c1-3-11-21-18(23)16-4-6-17(7-5-16)19(24)22(2)14-10-15-8-12-20-13-9-15/h4-9,12-13H,3,10-11,14H2,1-2H3,(H,21,23). The zero-order valence-corrected chi connectivity index (χ0v) is 14.2. The largest absolute Gasteiger partial charge is 0.352 e. The summed E-state index contributed by atoms with van der Waals surface area (Å²) in [4.78, 5) is 30.0. The SMILES string of the molecule is CCCNC(=O)c1ccc(C(=O)N(C)CCc2ccncc2)cc1. The number of nitrogens with one attached hydrogen (secondary N) is 1. The van der Waals surface area contributed by atoms with Gasteiger partial charge in [0.25, 0.3) is 11.8 Å².